The number of amides is 1. The third kappa shape index (κ3) is 2.74. The number of anilines is 1. The van der Waals surface area contributed by atoms with Gasteiger partial charge in [-0.05, 0) is 48.0 Å². The first-order valence-electron chi connectivity index (χ1n) is 6.76. The molecule has 3 rings (SSSR count). The Morgan fingerprint density at radius 3 is 2.68 bits per heavy atom. The lowest BCUT2D eigenvalue weighted by Gasteiger charge is -2.06. The zero-order valence-electron chi connectivity index (χ0n) is 11.7. The smallest absolute Gasteiger partial charge is 0.248 e. The maximum Gasteiger partial charge on any atom is 0.248 e. The number of benzene rings is 2. The van der Waals surface area contributed by atoms with Crippen molar-refractivity contribution in [2.45, 2.75) is 6.42 Å². The Morgan fingerprint density at radius 2 is 1.91 bits per heavy atom. The van der Waals surface area contributed by atoms with Gasteiger partial charge in [-0.25, -0.2) is 4.39 Å². The van der Waals surface area contributed by atoms with E-state index in [0.29, 0.717) is 23.2 Å². The molecule has 22 heavy (non-hydrogen) atoms. The highest BCUT2D eigenvalue weighted by Gasteiger charge is 2.07. The summed E-state index contributed by atoms with van der Waals surface area (Å²) in [6, 6.07) is 13.2. The van der Waals surface area contributed by atoms with E-state index < -0.39 is 5.91 Å². The van der Waals surface area contributed by atoms with Crippen LogP contribution in [0, 0.1) is 5.82 Å². The van der Waals surface area contributed by atoms with E-state index in [1.54, 1.807) is 30.3 Å². The molecule has 3 aromatic rings. The predicted molar refractivity (Wildman–Crippen MR) is 83.9 cm³/mol. The second-order valence-electron chi connectivity index (χ2n) is 5.10. The summed E-state index contributed by atoms with van der Waals surface area (Å²) in [5, 5.41) is 0.813. The van der Waals surface area contributed by atoms with Crippen molar-refractivity contribution in [2.75, 3.05) is 5.73 Å². The van der Waals surface area contributed by atoms with E-state index in [0.717, 1.165) is 16.6 Å². The molecule has 0 unspecified atom stereocenters. The Morgan fingerprint density at radius 1 is 1.09 bits per heavy atom. The number of pyridine rings is 1. The average molecular weight is 295 g/mol. The molecule has 0 aliphatic heterocycles. The highest BCUT2D eigenvalue weighted by molar-refractivity contribution is 5.96. The molecule has 2 aromatic carbocycles. The SMILES string of the molecule is NC(=O)c1ccc2nc(Cc3cc(N)ccc3F)ccc2c1. The van der Waals surface area contributed by atoms with Gasteiger partial charge in [-0.1, -0.05) is 6.07 Å². The number of primary amides is 1. The molecule has 0 aliphatic carbocycles. The van der Waals surface area contributed by atoms with E-state index in [4.69, 9.17) is 11.5 Å². The number of nitrogens with two attached hydrogens (primary N) is 2. The molecule has 1 amide bonds. The normalized spacial score (nSPS) is 10.8. The van der Waals surface area contributed by atoms with Crippen LogP contribution in [0.1, 0.15) is 21.6 Å². The van der Waals surface area contributed by atoms with E-state index in [-0.39, 0.29) is 5.82 Å². The number of fused-ring (bicyclic) bond motifs is 1. The van der Waals surface area contributed by atoms with Crippen LogP contribution in [-0.4, -0.2) is 10.9 Å². The van der Waals surface area contributed by atoms with Crippen molar-refractivity contribution < 1.29 is 9.18 Å². The summed E-state index contributed by atoms with van der Waals surface area (Å²) in [6.07, 6.45) is 0.352. The molecule has 4 N–H and O–H groups in total. The van der Waals surface area contributed by atoms with Crippen LogP contribution in [-0.2, 0) is 6.42 Å². The number of hydrogen-bond donors (Lipinski definition) is 2. The lowest BCUT2D eigenvalue weighted by atomic mass is 10.1. The molecule has 0 spiro atoms. The molecule has 4 nitrogen and oxygen atoms in total. The van der Waals surface area contributed by atoms with Crippen LogP contribution in [0.15, 0.2) is 48.5 Å². The summed E-state index contributed by atoms with van der Waals surface area (Å²) in [4.78, 5) is 15.7. The monoisotopic (exact) mass is 295 g/mol. The van der Waals surface area contributed by atoms with Crippen LogP contribution in [0.3, 0.4) is 0 Å². The van der Waals surface area contributed by atoms with Crippen molar-refractivity contribution in [3.8, 4) is 0 Å². The molecule has 5 heteroatoms. The minimum absolute atomic E-state index is 0.305. The van der Waals surface area contributed by atoms with E-state index in [9.17, 15) is 9.18 Å². The van der Waals surface area contributed by atoms with Crippen molar-refractivity contribution in [1.29, 1.82) is 0 Å². The zero-order chi connectivity index (χ0) is 15.7. The number of carbonyl (C=O) groups excluding carboxylic acids is 1. The number of hydrogen-bond acceptors (Lipinski definition) is 3. The summed E-state index contributed by atoms with van der Waals surface area (Å²) in [5.41, 5.74) is 13.8. The van der Waals surface area contributed by atoms with Crippen molar-refractivity contribution >= 4 is 22.5 Å². The largest absolute Gasteiger partial charge is 0.399 e. The quantitative estimate of drug-likeness (QED) is 0.729. The summed E-state index contributed by atoms with van der Waals surface area (Å²) < 4.78 is 13.8. The Balaban J connectivity index is 1.97. The molecule has 0 radical (unpaired) electrons. The number of carbonyl (C=O) groups is 1. The van der Waals surface area contributed by atoms with E-state index in [2.05, 4.69) is 4.98 Å². The first kappa shape index (κ1) is 14.0. The molecule has 0 bridgehead atoms. The topological polar surface area (TPSA) is 82.0 Å². The summed E-state index contributed by atoms with van der Waals surface area (Å²) in [6.45, 7) is 0. The molecule has 0 aliphatic rings. The third-order valence-corrected chi connectivity index (χ3v) is 3.47. The molecule has 1 aromatic heterocycles. The lowest BCUT2D eigenvalue weighted by Crippen LogP contribution is -2.10. The van der Waals surface area contributed by atoms with Crippen molar-refractivity contribution in [1.82, 2.24) is 4.98 Å². The highest BCUT2D eigenvalue weighted by Crippen LogP contribution is 2.19. The summed E-state index contributed by atoms with van der Waals surface area (Å²) in [7, 11) is 0. The molecule has 1 heterocycles. The number of nitrogens with zero attached hydrogens (tertiary/aromatic N) is 1. The Labute approximate surface area is 126 Å². The van der Waals surface area contributed by atoms with Crippen LogP contribution < -0.4 is 11.5 Å². The first-order chi connectivity index (χ1) is 10.5. The number of nitrogen functional groups attached to an aromatic ring is 1. The molecule has 0 saturated heterocycles. The van der Waals surface area contributed by atoms with Crippen molar-refractivity contribution in [2.24, 2.45) is 5.73 Å². The van der Waals surface area contributed by atoms with Gasteiger partial charge in [0, 0.05) is 28.8 Å². The van der Waals surface area contributed by atoms with Crippen molar-refractivity contribution in [3.05, 3.63) is 71.2 Å². The van der Waals surface area contributed by atoms with Crippen molar-refractivity contribution in [3.63, 3.8) is 0 Å². The molecular formula is C17H14FN3O. The fourth-order valence-corrected chi connectivity index (χ4v) is 2.34. The Kier molecular flexibility index (Phi) is 3.47. The van der Waals surface area contributed by atoms with Gasteiger partial charge >= 0.3 is 0 Å². The second-order valence-corrected chi connectivity index (χ2v) is 5.10. The number of rotatable bonds is 3. The van der Waals surface area contributed by atoms with Gasteiger partial charge in [-0.3, -0.25) is 9.78 Å². The van der Waals surface area contributed by atoms with Crippen LogP contribution >= 0.6 is 0 Å². The van der Waals surface area contributed by atoms with Crippen LogP contribution in [0.5, 0.6) is 0 Å². The lowest BCUT2D eigenvalue weighted by molar-refractivity contribution is 0.100. The fraction of sp³-hybridized carbons (Fsp3) is 0.0588. The standard InChI is InChI=1S/C17H14FN3O/c18-15-5-3-13(19)8-12(15)9-14-4-1-10-7-11(17(20)22)2-6-16(10)21-14/h1-8H,9,19H2,(H2,20,22). The van der Waals surface area contributed by atoms with Gasteiger partial charge in [-0.15, -0.1) is 0 Å². The van der Waals surface area contributed by atoms with Gasteiger partial charge in [0.2, 0.25) is 5.91 Å². The molecule has 0 fully saturated rings. The van der Waals surface area contributed by atoms with Gasteiger partial charge in [-0.2, -0.15) is 0 Å². The highest BCUT2D eigenvalue weighted by atomic mass is 19.1. The summed E-state index contributed by atoms with van der Waals surface area (Å²) >= 11 is 0. The van der Waals surface area contributed by atoms with Gasteiger partial charge in [0.1, 0.15) is 5.82 Å². The van der Waals surface area contributed by atoms with E-state index in [1.807, 2.05) is 6.07 Å². The van der Waals surface area contributed by atoms with Crippen LogP contribution in [0.25, 0.3) is 10.9 Å². The molecule has 110 valence electrons. The maximum atomic E-state index is 13.8. The fourth-order valence-electron chi connectivity index (χ4n) is 2.34. The third-order valence-electron chi connectivity index (χ3n) is 3.47. The average Bonchev–Trinajstić information content (AvgIpc) is 2.50. The second kappa shape index (κ2) is 5.44. The van der Waals surface area contributed by atoms with Crippen LogP contribution in [0.2, 0.25) is 0 Å². The number of halogens is 1. The van der Waals surface area contributed by atoms with Gasteiger partial charge in [0.05, 0.1) is 5.52 Å². The Hall–Kier alpha value is -2.95. The Bertz CT molecular complexity index is 877. The maximum absolute atomic E-state index is 13.8. The van der Waals surface area contributed by atoms with E-state index in [1.165, 1.54) is 12.1 Å². The summed E-state index contributed by atoms with van der Waals surface area (Å²) in [5.74, 6) is -0.784. The predicted octanol–water partition coefficient (Wildman–Crippen LogP) is 2.65. The van der Waals surface area contributed by atoms with E-state index >= 15 is 0 Å². The minimum atomic E-state index is -0.479. The van der Waals surface area contributed by atoms with Crippen LogP contribution in [0.4, 0.5) is 10.1 Å². The molecule has 0 saturated carbocycles. The van der Waals surface area contributed by atoms with Gasteiger partial charge in [0.25, 0.3) is 0 Å². The minimum Gasteiger partial charge on any atom is -0.399 e. The zero-order valence-corrected chi connectivity index (χ0v) is 11.7. The van der Waals surface area contributed by atoms with Gasteiger partial charge in [0.15, 0.2) is 0 Å². The first-order valence-corrected chi connectivity index (χ1v) is 6.76. The molecular weight excluding hydrogens is 281 g/mol. The van der Waals surface area contributed by atoms with Gasteiger partial charge < -0.3 is 11.5 Å². The molecule has 0 atom stereocenters. The number of aromatic nitrogens is 1.